The first kappa shape index (κ1) is 21.5. The third-order valence-electron chi connectivity index (χ3n) is 6.11. The van der Waals surface area contributed by atoms with Crippen LogP contribution in [0.15, 0.2) is 108 Å². The van der Waals surface area contributed by atoms with Gasteiger partial charge >= 0.3 is 5.97 Å². The highest BCUT2D eigenvalue weighted by molar-refractivity contribution is 6.03. The van der Waals surface area contributed by atoms with E-state index in [1.165, 1.54) is 5.56 Å². The molecular weight excluding hydrogens is 424 g/mol. The van der Waals surface area contributed by atoms with Crippen LogP contribution in [0.2, 0.25) is 0 Å². The summed E-state index contributed by atoms with van der Waals surface area (Å²) in [6.07, 6.45) is 0.734. The Morgan fingerprint density at radius 1 is 0.824 bits per heavy atom. The van der Waals surface area contributed by atoms with Crippen molar-refractivity contribution < 1.29 is 14.6 Å². The van der Waals surface area contributed by atoms with Crippen LogP contribution in [0.5, 0.6) is 5.75 Å². The van der Waals surface area contributed by atoms with E-state index in [-0.39, 0.29) is 11.6 Å². The fourth-order valence-electron chi connectivity index (χ4n) is 4.25. The first-order valence-electron chi connectivity index (χ1n) is 11.1. The van der Waals surface area contributed by atoms with E-state index in [1.54, 1.807) is 19.2 Å². The van der Waals surface area contributed by atoms with Gasteiger partial charge in [0, 0.05) is 6.42 Å². The Bertz CT molecular complexity index is 1310. The fourth-order valence-corrected chi connectivity index (χ4v) is 4.25. The molecule has 0 bridgehead atoms. The molecule has 0 saturated heterocycles. The molecule has 0 saturated carbocycles. The van der Waals surface area contributed by atoms with E-state index in [0.29, 0.717) is 0 Å². The zero-order valence-electron chi connectivity index (χ0n) is 18.8. The van der Waals surface area contributed by atoms with Gasteiger partial charge in [0.2, 0.25) is 0 Å². The highest BCUT2D eigenvalue weighted by Crippen LogP contribution is 2.37. The van der Waals surface area contributed by atoms with Gasteiger partial charge in [-0.05, 0) is 58.7 Å². The molecule has 34 heavy (non-hydrogen) atoms. The van der Waals surface area contributed by atoms with Crippen LogP contribution in [-0.2, 0) is 0 Å². The predicted octanol–water partition coefficient (Wildman–Crippen LogP) is 6.42. The topological polar surface area (TPSA) is 62.1 Å². The lowest BCUT2D eigenvalue weighted by molar-refractivity contribution is 0.0697. The van der Waals surface area contributed by atoms with Gasteiger partial charge in [-0.1, -0.05) is 66.7 Å². The highest BCUT2D eigenvalue weighted by Gasteiger charge is 2.30. The summed E-state index contributed by atoms with van der Waals surface area (Å²) in [5.41, 5.74) is 6.62. The molecule has 1 aliphatic heterocycles. The molecule has 5 rings (SSSR count). The van der Waals surface area contributed by atoms with Crippen molar-refractivity contribution in [2.45, 2.75) is 12.5 Å². The van der Waals surface area contributed by atoms with Crippen LogP contribution in [-0.4, -0.2) is 23.9 Å². The minimum atomic E-state index is -0.942. The summed E-state index contributed by atoms with van der Waals surface area (Å²) in [4.78, 5) is 11.3. The molecule has 1 atom stereocenters. The molecule has 5 nitrogen and oxygen atoms in total. The molecule has 0 amide bonds. The Hall–Kier alpha value is -4.38. The molecule has 0 spiro atoms. The number of benzene rings is 4. The smallest absolute Gasteiger partial charge is 0.335 e. The molecule has 0 aromatic heterocycles. The van der Waals surface area contributed by atoms with Gasteiger partial charge < -0.3 is 9.84 Å². The number of ether oxygens (including phenoxy) is 1. The maximum absolute atomic E-state index is 11.3. The molecule has 5 heteroatoms. The van der Waals surface area contributed by atoms with Crippen LogP contribution in [0.4, 0.5) is 5.69 Å². The van der Waals surface area contributed by atoms with Gasteiger partial charge in [-0.15, -0.1) is 0 Å². The van der Waals surface area contributed by atoms with Gasteiger partial charge in [0.1, 0.15) is 5.75 Å². The second kappa shape index (κ2) is 9.24. The van der Waals surface area contributed by atoms with E-state index >= 15 is 0 Å². The van der Waals surface area contributed by atoms with Crippen molar-refractivity contribution in [3.05, 3.63) is 120 Å². The molecule has 1 N–H and O–H groups in total. The first-order valence-corrected chi connectivity index (χ1v) is 11.1. The third-order valence-corrected chi connectivity index (χ3v) is 6.11. The highest BCUT2D eigenvalue weighted by atomic mass is 16.5. The zero-order chi connectivity index (χ0) is 23.5. The molecule has 0 fully saturated rings. The summed E-state index contributed by atoms with van der Waals surface area (Å²) >= 11 is 0. The molecule has 0 radical (unpaired) electrons. The minimum absolute atomic E-state index is 0.00890. The van der Waals surface area contributed by atoms with Gasteiger partial charge in [0.25, 0.3) is 0 Å². The standard InChI is InChI=1S/C29H24N2O3/c1-34-26-17-13-23(14-18-26)28-19-27(30-31(28)25-15-11-24(12-16-25)29(32)33)22-9-7-21(8-10-22)20-5-3-2-4-6-20/h2-18,28H,19H2,1H3,(H,32,33). The molecule has 1 aliphatic rings. The molecule has 1 heterocycles. The van der Waals surface area contributed by atoms with Crippen molar-refractivity contribution >= 4 is 17.4 Å². The molecule has 1 unspecified atom stereocenters. The molecule has 4 aromatic carbocycles. The Morgan fingerprint density at radius 3 is 2.06 bits per heavy atom. The lowest BCUT2D eigenvalue weighted by Crippen LogP contribution is -2.18. The number of nitrogens with zero attached hydrogens (tertiary/aromatic N) is 2. The van der Waals surface area contributed by atoms with Crippen LogP contribution in [0.1, 0.15) is 33.9 Å². The Labute approximate surface area is 198 Å². The van der Waals surface area contributed by atoms with E-state index in [1.807, 2.05) is 47.5 Å². The van der Waals surface area contributed by atoms with E-state index in [2.05, 4.69) is 48.5 Å². The van der Waals surface area contributed by atoms with Gasteiger partial charge in [-0.3, -0.25) is 5.01 Å². The second-order valence-corrected chi connectivity index (χ2v) is 8.18. The zero-order valence-corrected chi connectivity index (χ0v) is 18.8. The average molecular weight is 449 g/mol. The number of methoxy groups -OCH3 is 1. The Morgan fingerprint density at radius 2 is 1.44 bits per heavy atom. The van der Waals surface area contributed by atoms with Crippen molar-refractivity contribution in [2.75, 3.05) is 12.1 Å². The normalized spacial score (nSPS) is 15.1. The number of hydrogen-bond donors (Lipinski definition) is 1. The van der Waals surface area contributed by atoms with Crippen LogP contribution in [0.3, 0.4) is 0 Å². The maximum atomic E-state index is 11.3. The number of hydrogen-bond acceptors (Lipinski definition) is 4. The summed E-state index contributed by atoms with van der Waals surface area (Å²) in [5, 5.41) is 16.2. The number of hydrazone groups is 1. The van der Waals surface area contributed by atoms with Gasteiger partial charge in [0.05, 0.1) is 30.1 Å². The first-order chi connectivity index (χ1) is 16.6. The molecule has 4 aromatic rings. The van der Waals surface area contributed by atoms with Crippen LogP contribution >= 0.6 is 0 Å². The fraction of sp³-hybridized carbons (Fsp3) is 0.103. The largest absolute Gasteiger partial charge is 0.497 e. The lowest BCUT2D eigenvalue weighted by Gasteiger charge is -2.24. The van der Waals surface area contributed by atoms with Crippen molar-refractivity contribution in [3.8, 4) is 16.9 Å². The van der Waals surface area contributed by atoms with E-state index < -0.39 is 5.97 Å². The number of aromatic carboxylic acids is 1. The number of carboxylic acid groups (broad SMARTS) is 1. The summed E-state index contributed by atoms with van der Waals surface area (Å²) in [6.45, 7) is 0. The number of anilines is 1. The Kier molecular flexibility index (Phi) is 5.83. The number of carbonyl (C=O) groups is 1. The lowest BCUT2D eigenvalue weighted by atomic mass is 9.96. The van der Waals surface area contributed by atoms with Crippen LogP contribution in [0, 0.1) is 0 Å². The van der Waals surface area contributed by atoms with Gasteiger partial charge in [-0.2, -0.15) is 5.10 Å². The molecular formula is C29H24N2O3. The van der Waals surface area contributed by atoms with Crippen molar-refractivity contribution in [3.63, 3.8) is 0 Å². The Balaban J connectivity index is 1.48. The summed E-state index contributed by atoms with van der Waals surface area (Å²) in [6, 6.07) is 33.6. The van der Waals surface area contributed by atoms with E-state index in [4.69, 9.17) is 9.84 Å². The SMILES string of the molecule is COc1ccc(C2CC(c3ccc(-c4ccccc4)cc3)=NN2c2ccc(C(=O)O)cc2)cc1. The van der Waals surface area contributed by atoms with Gasteiger partial charge in [-0.25, -0.2) is 4.79 Å². The van der Waals surface area contributed by atoms with Crippen molar-refractivity contribution in [1.29, 1.82) is 0 Å². The molecule has 168 valence electrons. The third kappa shape index (κ3) is 4.28. The second-order valence-electron chi connectivity index (χ2n) is 8.18. The minimum Gasteiger partial charge on any atom is -0.497 e. The number of rotatable bonds is 6. The summed E-state index contributed by atoms with van der Waals surface area (Å²) < 4.78 is 5.32. The summed E-state index contributed by atoms with van der Waals surface area (Å²) in [5.74, 6) is -0.140. The van der Waals surface area contributed by atoms with Gasteiger partial charge in [0.15, 0.2) is 0 Å². The number of carboxylic acids is 1. The predicted molar refractivity (Wildman–Crippen MR) is 135 cm³/mol. The molecule has 0 aliphatic carbocycles. The van der Waals surface area contributed by atoms with Crippen LogP contribution < -0.4 is 9.75 Å². The monoisotopic (exact) mass is 448 g/mol. The van der Waals surface area contributed by atoms with E-state index in [0.717, 1.165) is 40.3 Å². The maximum Gasteiger partial charge on any atom is 0.335 e. The summed E-state index contributed by atoms with van der Waals surface area (Å²) in [7, 11) is 1.65. The quantitative estimate of drug-likeness (QED) is 0.370. The van der Waals surface area contributed by atoms with Crippen molar-refractivity contribution in [1.82, 2.24) is 0 Å². The van der Waals surface area contributed by atoms with E-state index in [9.17, 15) is 9.90 Å². The average Bonchev–Trinajstić information content (AvgIpc) is 3.35. The van der Waals surface area contributed by atoms with Crippen LogP contribution in [0.25, 0.3) is 11.1 Å². The van der Waals surface area contributed by atoms with Crippen molar-refractivity contribution in [2.24, 2.45) is 5.10 Å².